The summed E-state index contributed by atoms with van der Waals surface area (Å²) >= 11 is 0. The Morgan fingerprint density at radius 3 is 2.19 bits per heavy atom. The van der Waals surface area contributed by atoms with Crippen molar-refractivity contribution < 1.29 is 22.7 Å². The van der Waals surface area contributed by atoms with E-state index in [1.165, 1.54) is 19.2 Å². The molecular weight excluding hydrogens is 283 g/mol. The third-order valence-corrected chi connectivity index (χ3v) is 3.29. The number of carbonyl (C=O) groups is 1. The number of methoxy groups -OCH3 is 1. The molecule has 0 aliphatic heterocycles. The van der Waals surface area contributed by atoms with E-state index in [4.69, 9.17) is 0 Å². The van der Waals surface area contributed by atoms with E-state index in [-0.39, 0.29) is 0 Å². The zero-order chi connectivity index (χ0) is 15.8. The van der Waals surface area contributed by atoms with Gasteiger partial charge in [-0.15, -0.1) is 0 Å². The first kappa shape index (κ1) is 15.2. The summed E-state index contributed by atoms with van der Waals surface area (Å²) in [6.45, 7) is 3.49. The maximum Gasteiger partial charge on any atom is 0.416 e. The summed E-state index contributed by atoms with van der Waals surface area (Å²) in [6.07, 6.45) is -4.36. The van der Waals surface area contributed by atoms with Gasteiger partial charge in [-0.2, -0.15) is 13.2 Å². The summed E-state index contributed by atoms with van der Waals surface area (Å²) in [5.74, 6) is -0.471. The Morgan fingerprint density at radius 1 is 1.14 bits per heavy atom. The second-order valence-corrected chi connectivity index (χ2v) is 4.66. The predicted molar refractivity (Wildman–Crippen MR) is 71.6 cm³/mol. The molecule has 1 heterocycles. The first-order valence-electron chi connectivity index (χ1n) is 6.20. The van der Waals surface area contributed by atoms with Gasteiger partial charge in [0, 0.05) is 17.1 Å². The lowest BCUT2D eigenvalue weighted by molar-refractivity contribution is -0.137. The number of hydrogen-bond acceptors (Lipinski definition) is 2. The van der Waals surface area contributed by atoms with Gasteiger partial charge in [0.15, 0.2) is 0 Å². The monoisotopic (exact) mass is 297 g/mol. The third-order valence-electron chi connectivity index (χ3n) is 3.29. The summed E-state index contributed by atoms with van der Waals surface area (Å²) in [5.41, 5.74) is 1.62. The number of rotatable bonds is 2. The van der Waals surface area contributed by atoms with Crippen LogP contribution in [-0.4, -0.2) is 17.6 Å². The molecule has 0 amide bonds. The Labute approximate surface area is 120 Å². The Balaban J connectivity index is 2.48. The topological polar surface area (TPSA) is 31.2 Å². The number of halogens is 3. The molecular formula is C15H14F3NO2. The van der Waals surface area contributed by atoms with Crippen molar-refractivity contribution in [3.05, 3.63) is 52.8 Å². The van der Waals surface area contributed by atoms with Gasteiger partial charge < -0.3 is 9.30 Å². The fourth-order valence-corrected chi connectivity index (χ4v) is 2.28. The van der Waals surface area contributed by atoms with Crippen molar-refractivity contribution in [2.75, 3.05) is 7.11 Å². The zero-order valence-electron chi connectivity index (χ0n) is 11.8. The van der Waals surface area contributed by atoms with E-state index < -0.39 is 17.7 Å². The van der Waals surface area contributed by atoms with Crippen LogP contribution in [0.4, 0.5) is 13.2 Å². The molecule has 0 atom stereocenters. The fourth-order valence-electron chi connectivity index (χ4n) is 2.28. The lowest BCUT2D eigenvalue weighted by Gasteiger charge is -2.12. The minimum atomic E-state index is -4.36. The van der Waals surface area contributed by atoms with Crippen LogP contribution in [-0.2, 0) is 10.9 Å². The van der Waals surface area contributed by atoms with Crippen LogP contribution in [0.25, 0.3) is 5.69 Å². The minimum Gasteiger partial charge on any atom is -0.465 e. The van der Waals surface area contributed by atoms with Gasteiger partial charge in [-0.1, -0.05) is 0 Å². The number of nitrogens with zero attached hydrogens (tertiary/aromatic N) is 1. The predicted octanol–water partition coefficient (Wildman–Crippen LogP) is 3.90. The van der Waals surface area contributed by atoms with Crippen LogP contribution in [0.5, 0.6) is 0 Å². The van der Waals surface area contributed by atoms with Crippen molar-refractivity contribution in [1.82, 2.24) is 4.57 Å². The molecule has 0 fully saturated rings. The van der Waals surface area contributed by atoms with Gasteiger partial charge in [0.25, 0.3) is 0 Å². The van der Waals surface area contributed by atoms with Crippen LogP contribution in [0.15, 0.2) is 30.3 Å². The van der Waals surface area contributed by atoms with Crippen molar-refractivity contribution in [3.63, 3.8) is 0 Å². The molecule has 21 heavy (non-hydrogen) atoms. The van der Waals surface area contributed by atoms with Crippen molar-refractivity contribution in [2.45, 2.75) is 20.0 Å². The van der Waals surface area contributed by atoms with Crippen LogP contribution in [0, 0.1) is 13.8 Å². The van der Waals surface area contributed by atoms with E-state index in [1.807, 2.05) is 0 Å². The van der Waals surface area contributed by atoms with E-state index in [0.29, 0.717) is 16.9 Å². The average Bonchev–Trinajstić information content (AvgIpc) is 2.72. The van der Waals surface area contributed by atoms with E-state index in [0.717, 1.165) is 17.8 Å². The number of aromatic nitrogens is 1. The molecule has 0 aliphatic rings. The number of ether oxygens (including phenoxy) is 1. The number of esters is 1. The quantitative estimate of drug-likeness (QED) is 0.787. The standard InChI is InChI=1S/C15H14F3NO2/c1-9-8-13(14(20)21-3)10(2)19(9)12-6-4-11(5-7-12)15(16,17)18/h4-8H,1-3H3. The van der Waals surface area contributed by atoms with Gasteiger partial charge in [-0.3, -0.25) is 0 Å². The van der Waals surface area contributed by atoms with E-state index >= 15 is 0 Å². The maximum absolute atomic E-state index is 12.6. The third kappa shape index (κ3) is 2.79. The zero-order valence-corrected chi connectivity index (χ0v) is 11.8. The van der Waals surface area contributed by atoms with Crippen LogP contribution < -0.4 is 0 Å². The molecule has 1 aromatic heterocycles. The molecule has 112 valence electrons. The molecule has 0 spiro atoms. The highest BCUT2D eigenvalue weighted by atomic mass is 19.4. The highest BCUT2D eigenvalue weighted by Crippen LogP contribution is 2.30. The SMILES string of the molecule is COC(=O)c1cc(C)n(-c2ccc(C(F)(F)F)cc2)c1C. The molecule has 3 nitrogen and oxygen atoms in total. The number of aryl methyl sites for hydroxylation is 1. The number of carbonyl (C=O) groups excluding carboxylic acids is 1. The van der Waals surface area contributed by atoms with E-state index in [1.54, 1.807) is 24.5 Å². The normalized spacial score (nSPS) is 11.5. The maximum atomic E-state index is 12.6. The molecule has 0 saturated heterocycles. The lowest BCUT2D eigenvalue weighted by Crippen LogP contribution is -2.07. The van der Waals surface area contributed by atoms with Gasteiger partial charge in [0.2, 0.25) is 0 Å². The lowest BCUT2D eigenvalue weighted by atomic mass is 10.2. The van der Waals surface area contributed by atoms with Gasteiger partial charge >= 0.3 is 12.1 Å². The van der Waals surface area contributed by atoms with Crippen LogP contribution in [0.3, 0.4) is 0 Å². The molecule has 0 radical (unpaired) electrons. The molecule has 1 aromatic carbocycles. The molecule has 0 aliphatic carbocycles. The molecule has 0 unspecified atom stereocenters. The average molecular weight is 297 g/mol. The van der Waals surface area contributed by atoms with Crippen molar-refractivity contribution >= 4 is 5.97 Å². The first-order chi connectivity index (χ1) is 9.75. The van der Waals surface area contributed by atoms with E-state index in [2.05, 4.69) is 4.74 Å². The fraction of sp³-hybridized carbons (Fsp3) is 0.267. The number of hydrogen-bond donors (Lipinski definition) is 0. The van der Waals surface area contributed by atoms with Crippen LogP contribution in [0.2, 0.25) is 0 Å². The molecule has 0 bridgehead atoms. The van der Waals surface area contributed by atoms with Gasteiger partial charge in [0.05, 0.1) is 18.2 Å². The second kappa shape index (κ2) is 5.27. The smallest absolute Gasteiger partial charge is 0.416 e. The Kier molecular flexibility index (Phi) is 3.80. The van der Waals surface area contributed by atoms with Crippen molar-refractivity contribution in [3.8, 4) is 5.69 Å². The van der Waals surface area contributed by atoms with Crippen LogP contribution >= 0.6 is 0 Å². The number of benzene rings is 1. The molecule has 0 N–H and O–H groups in total. The molecule has 6 heteroatoms. The van der Waals surface area contributed by atoms with Gasteiger partial charge in [-0.25, -0.2) is 4.79 Å². The van der Waals surface area contributed by atoms with Gasteiger partial charge in [-0.05, 0) is 44.2 Å². The highest BCUT2D eigenvalue weighted by Gasteiger charge is 2.30. The summed E-state index contributed by atoms with van der Waals surface area (Å²) in [6, 6.07) is 6.45. The summed E-state index contributed by atoms with van der Waals surface area (Å²) in [5, 5.41) is 0. The summed E-state index contributed by atoms with van der Waals surface area (Å²) in [7, 11) is 1.28. The highest BCUT2D eigenvalue weighted by molar-refractivity contribution is 5.91. The van der Waals surface area contributed by atoms with Crippen molar-refractivity contribution in [2.24, 2.45) is 0 Å². The van der Waals surface area contributed by atoms with Crippen LogP contribution in [0.1, 0.15) is 27.3 Å². The largest absolute Gasteiger partial charge is 0.465 e. The first-order valence-corrected chi connectivity index (χ1v) is 6.20. The molecule has 2 aromatic rings. The van der Waals surface area contributed by atoms with E-state index in [9.17, 15) is 18.0 Å². The summed E-state index contributed by atoms with van der Waals surface area (Å²) in [4.78, 5) is 11.6. The summed E-state index contributed by atoms with van der Waals surface area (Å²) < 4.78 is 44.1. The van der Waals surface area contributed by atoms with Crippen molar-refractivity contribution in [1.29, 1.82) is 0 Å². The Morgan fingerprint density at radius 2 is 1.71 bits per heavy atom. The Bertz CT molecular complexity index is 669. The number of alkyl halides is 3. The minimum absolute atomic E-state index is 0.398. The molecule has 2 rings (SSSR count). The second-order valence-electron chi connectivity index (χ2n) is 4.66. The Hall–Kier alpha value is -2.24. The van der Waals surface area contributed by atoms with Gasteiger partial charge in [0.1, 0.15) is 0 Å². The molecule has 0 saturated carbocycles.